The standard InChI is InChI=1S/C29H32N2O4S/c32-25-16-15-23(27(33)30-25)31-28(34)22-7-4-8-24(26(22)29(31)35)36-18-17-21-13-11-20(12-14-21)10-9-19-5-2-1-3-6-19/h4,7-8,11-14,19,23H,1-3,5-6,9-10,15-18H2,(H,30,32,33). The molecule has 3 aliphatic rings. The highest BCUT2D eigenvalue weighted by molar-refractivity contribution is 7.99. The van der Waals surface area contributed by atoms with Crippen molar-refractivity contribution in [3.05, 3.63) is 64.7 Å². The van der Waals surface area contributed by atoms with Crippen LogP contribution in [0.15, 0.2) is 47.4 Å². The summed E-state index contributed by atoms with van der Waals surface area (Å²) in [6.07, 6.45) is 10.5. The molecule has 1 saturated carbocycles. The molecule has 6 nitrogen and oxygen atoms in total. The van der Waals surface area contributed by atoms with Crippen molar-refractivity contribution in [3.63, 3.8) is 0 Å². The third kappa shape index (κ3) is 5.26. The van der Waals surface area contributed by atoms with E-state index in [9.17, 15) is 19.2 Å². The van der Waals surface area contributed by atoms with Crippen molar-refractivity contribution in [1.82, 2.24) is 10.2 Å². The van der Waals surface area contributed by atoms with Crippen LogP contribution in [0.25, 0.3) is 0 Å². The molecule has 2 aromatic rings. The van der Waals surface area contributed by atoms with Crippen LogP contribution < -0.4 is 5.32 Å². The van der Waals surface area contributed by atoms with E-state index in [1.807, 2.05) is 6.07 Å². The number of rotatable bonds is 8. The number of piperidine rings is 1. The number of thioether (sulfide) groups is 1. The number of carbonyl (C=O) groups excluding carboxylic acids is 4. The normalized spacial score (nSPS) is 20.6. The fraction of sp³-hybridized carbons (Fsp3) is 0.448. The van der Waals surface area contributed by atoms with E-state index in [4.69, 9.17) is 0 Å². The molecule has 2 heterocycles. The molecule has 188 valence electrons. The van der Waals surface area contributed by atoms with Crippen LogP contribution in [0.1, 0.15) is 83.2 Å². The molecule has 0 aromatic heterocycles. The van der Waals surface area contributed by atoms with Gasteiger partial charge >= 0.3 is 0 Å². The van der Waals surface area contributed by atoms with Crippen molar-refractivity contribution < 1.29 is 19.2 Å². The van der Waals surface area contributed by atoms with E-state index in [0.717, 1.165) is 34.3 Å². The quantitative estimate of drug-likeness (QED) is 0.407. The number of aryl methyl sites for hydroxylation is 2. The predicted molar refractivity (Wildman–Crippen MR) is 139 cm³/mol. The van der Waals surface area contributed by atoms with Crippen molar-refractivity contribution >= 4 is 35.4 Å². The van der Waals surface area contributed by atoms with E-state index >= 15 is 0 Å². The second kappa shape index (κ2) is 11.0. The molecule has 1 unspecified atom stereocenters. The van der Waals surface area contributed by atoms with Gasteiger partial charge in [0.25, 0.3) is 11.8 Å². The molecule has 0 radical (unpaired) electrons. The van der Waals surface area contributed by atoms with E-state index in [1.54, 1.807) is 23.9 Å². The van der Waals surface area contributed by atoms with Crippen LogP contribution in [0.3, 0.4) is 0 Å². The van der Waals surface area contributed by atoms with E-state index in [2.05, 4.69) is 29.6 Å². The first-order valence-corrected chi connectivity index (χ1v) is 14.0. The summed E-state index contributed by atoms with van der Waals surface area (Å²) < 4.78 is 0. The SMILES string of the molecule is O=C1CCC(N2C(=O)c3cccc(SCCc4ccc(CCC5CCCCC5)cc4)c3C2=O)C(=O)N1. The van der Waals surface area contributed by atoms with Gasteiger partial charge in [-0.15, -0.1) is 11.8 Å². The number of hydrogen-bond donors (Lipinski definition) is 1. The molecule has 1 N–H and O–H groups in total. The second-order valence-corrected chi connectivity index (χ2v) is 11.2. The predicted octanol–water partition coefficient (Wildman–Crippen LogP) is 4.94. The Kier molecular flexibility index (Phi) is 7.56. The molecule has 2 fully saturated rings. The highest BCUT2D eigenvalue weighted by Gasteiger charge is 2.45. The average Bonchev–Trinajstić information content (AvgIpc) is 3.15. The number of benzene rings is 2. The molecule has 2 aliphatic heterocycles. The number of amides is 4. The monoisotopic (exact) mass is 504 g/mol. The van der Waals surface area contributed by atoms with Gasteiger partial charge in [0.15, 0.2) is 0 Å². The van der Waals surface area contributed by atoms with Crippen LogP contribution in [-0.2, 0) is 22.4 Å². The second-order valence-electron chi connectivity index (χ2n) is 10.1. The van der Waals surface area contributed by atoms with Crippen LogP contribution >= 0.6 is 11.8 Å². The maximum absolute atomic E-state index is 13.2. The minimum Gasteiger partial charge on any atom is -0.295 e. The summed E-state index contributed by atoms with van der Waals surface area (Å²) in [6, 6.07) is 13.2. The van der Waals surface area contributed by atoms with Gasteiger partial charge in [-0.1, -0.05) is 62.4 Å². The lowest BCUT2D eigenvalue weighted by Gasteiger charge is -2.27. The summed E-state index contributed by atoms with van der Waals surface area (Å²) in [5.74, 6) is -0.204. The van der Waals surface area contributed by atoms with Gasteiger partial charge in [0.1, 0.15) is 6.04 Å². The summed E-state index contributed by atoms with van der Waals surface area (Å²) in [7, 11) is 0. The van der Waals surface area contributed by atoms with Crippen LogP contribution in [-0.4, -0.2) is 40.3 Å². The van der Waals surface area contributed by atoms with Crippen LogP contribution in [0, 0.1) is 5.92 Å². The van der Waals surface area contributed by atoms with Gasteiger partial charge in [-0.25, -0.2) is 0 Å². The minimum absolute atomic E-state index is 0.116. The number of fused-ring (bicyclic) bond motifs is 1. The molecular formula is C29H32N2O4S. The topological polar surface area (TPSA) is 83.6 Å². The average molecular weight is 505 g/mol. The molecule has 0 spiro atoms. The van der Waals surface area contributed by atoms with Gasteiger partial charge in [-0.2, -0.15) is 0 Å². The number of nitrogens with zero attached hydrogens (tertiary/aromatic N) is 1. The number of hydrogen-bond acceptors (Lipinski definition) is 5. The first-order valence-electron chi connectivity index (χ1n) is 13.1. The molecule has 0 bridgehead atoms. The lowest BCUT2D eigenvalue weighted by molar-refractivity contribution is -0.136. The summed E-state index contributed by atoms with van der Waals surface area (Å²) in [6.45, 7) is 0. The van der Waals surface area contributed by atoms with Gasteiger partial charge in [-0.3, -0.25) is 29.4 Å². The van der Waals surface area contributed by atoms with Crippen molar-refractivity contribution in [2.75, 3.05) is 5.75 Å². The van der Waals surface area contributed by atoms with Gasteiger partial charge in [0.2, 0.25) is 11.8 Å². The van der Waals surface area contributed by atoms with Gasteiger partial charge in [0.05, 0.1) is 11.1 Å². The van der Waals surface area contributed by atoms with Gasteiger partial charge in [0, 0.05) is 17.1 Å². The Morgan fingerprint density at radius 2 is 1.56 bits per heavy atom. The first kappa shape index (κ1) is 24.8. The van der Waals surface area contributed by atoms with E-state index in [1.165, 1.54) is 49.7 Å². The summed E-state index contributed by atoms with van der Waals surface area (Å²) >= 11 is 1.56. The Labute approximate surface area is 216 Å². The molecule has 1 atom stereocenters. The summed E-state index contributed by atoms with van der Waals surface area (Å²) in [5.41, 5.74) is 3.35. The maximum Gasteiger partial charge on any atom is 0.263 e. The Bertz CT molecular complexity index is 1170. The fourth-order valence-corrected chi connectivity index (χ4v) is 6.68. The lowest BCUT2D eigenvalue weighted by Crippen LogP contribution is -2.54. The van der Waals surface area contributed by atoms with Crippen LogP contribution in [0.2, 0.25) is 0 Å². The van der Waals surface area contributed by atoms with Crippen molar-refractivity contribution in [2.45, 2.75) is 75.1 Å². The minimum atomic E-state index is -0.940. The number of imide groups is 2. The molecular weight excluding hydrogens is 472 g/mol. The number of nitrogens with one attached hydrogen (secondary N) is 1. The summed E-state index contributed by atoms with van der Waals surface area (Å²) in [5, 5.41) is 2.24. The van der Waals surface area contributed by atoms with E-state index < -0.39 is 23.8 Å². The Morgan fingerprint density at radius 3 is 2.28 bits per heavy atom. The lowest BCUT2D eigenvalue weighted by atomic mass is 9.85. The first-order chi connectivity index (χ1) is 17.5. The van der Waals surface area contributed by atoms with Gasteiger partial charge in [-0.05, 0) is 54.9 Å². The third-order valence-electron chi connectivity index (χ3n) is 7.67. The molecule has 5 rings (SSSR count). The maximum atomic E-state index is 13.2. The molecule has 1 aliphatic carbocycles. The molecule has 36 heavy (non-hydrogen) atoms. The fourth-order valence-electron chi connectivity index (χ4n) is 5.60. The highest BCUT2D eigenvalue weighted by atomic mass is 32.2. The van der Waals surface area contributed by atoms with Gasteiger partial charge < -0.3 is 0 Å². The molecule has 2 aromatic carbocycles. The van der Waals surface area contributed by atoms with E-state index in [0.29, 0.717) is 11.1 Å². The molecule has 7 heteroatoms. The van der Waals surface area contributed by atoms with Crippen LogP contribution in [0.4, 0.5) is 0 Å². The number of carbonyl (C=O) groups is 4. The molecule has 1 saturated heterocycles. The Morgan fingerprint density at radius 1 is 0.833 bits per heavy atom. The smallest absolute Gasteiger partial charge is 0.263 e. The van der Waals surface area contributed by atoms with Crippen molar-refractivity contribution in [2.24, 2.45) is 5.92 Å². The van der Waals surface area contributed by atoms with Crippen LogP contribution in [0.5, 0.6) is 0 Å². The third-order valence-corrected chi connectivity index (χ3v) is 8.73. The highest BCUT2D eigenvalue weighted by Crippen LogP contribution is 2.35. The van der Waals surface area contributed by atoms with Crippen molar-refractivity contribution in [3.8, 4) is 0 Å². The van der Waals surface area contributed by atoms with Crippen molar-refractivity contribution in [1.29, 1.82) is 0 Å². The van der Waals surface area contributed by atoms with E-state index in [-0.39, 0.29) is 18.7 Å². The molecule has 4 amide bonds. The zero-order valence-electron chi connectivity index (χ0n) is 20.5. The zero-order valence-corrected chi connectivity index (χ0v) is 21.3. The summed E-state index contributed by atoms with van der Waals surface area (Å²) in [4.78, 5) is 51.8. The Balaban J connectivity index is 1.18. The zero-order chi connectivity index (χ0) is 25.1. The largest absolute Gasteiger partial charge is 0.295 e. The Hall–Kier alpha value is -2.93.